The third-order valence-electron chi connectivity index (χ3n) is 5.06. The Bertz CT molecular complexity index is 1360. The first kappa shape index (κ1) is 29.3. The minimum atomic E-state index is -4.00. The van der Waals surface area contributed by atoms with Gasteiger partial charge in [-0.05, 0) is 37.1 Å². The maximum absolute atomic E-state index is 11.3. The van der Waals surface area contributed by atoms with Crippen LogP contribution in [0.4, 0.5) is 17.1 Å². The van der Waals surface area contributed by atoms with E-state index in [0.717, 1.165) is 24.3 Å². The number of anilines is 1. The fraction of sp³-hybridized carbons (Fsp3) is 0.333. The molecule has 1 fully saturated rings. The molecule has 0 saturated carbocycles. The molecule has 1 aliphatic rings. The van der Waals surface area contributed by atoms with Crippen molar-refractivity contribution >= 4 is 48.7 Å². The van der Waals surface area contributed by atoms with E-state index in [4.69, 9.17) is 32.3 Å². The van der Waals surface area contributed by atoms with Gasteiger partial charge in [0, 0.05) is 37.4 Å². The lowest BCUT2D eigenvalue weighted by atomic mass is 9.91. The van der Waals surface area contributed by atoms with Crippen LogP contribution < -0.4 is 21.3 Å². The quantitative estimate of drug-likeness (QED) is 0.272. The third-order valence-corrected chi connectivity index (χ3v) is 7.20. The summed E-state index contributed by atoms with van der Waals surface area (Å²) in [7, 11) is -7.94. The fourth-order valence-corrected chi connectivity index (χ4v) is 4.28. The molecule has 0 aromatic heterocycles. The van der Waals surface area contributed by atoms with Gasteiger partial charge in [0.05, 0.1) is 19.6 Å². The number of rotatable bonds is 7. The normalized spacial score (nSPS) is 15.3. The molecule has 36 heavy (non-hydrogen) atoms. The summed E-state index contributed by atoms with van der Waals surface area (Å²) < 4.78 is 49.4. The van der Waals surface area contributed by atoms with Crippen molar-refractivity contribution in [1.29, 1.82) is 0 Å². The Labute approximate surface area is 210 Å². The number of primary sulfonamides is 2. The molecule has 1 heterocycles. The predicted molar refractivity (Wildman–Crippen MR) is 129 cm³/mol. The maximum Gasteiger partial charge on any atom is 0.293 e. The van der Waals surface area contributed by atoms with E-state index in [1.807, 2.05) is 0 Å². The molecular formula is C18H23ClN6O9S2. The second kappa shape index (κ2) is 11.4. The highest BCUT2D eigenvalue weighted by Crippen LogP contribution is 2.29. The molecule has 1 saturated heterocycles. The number of nitrogens with two attached hydrogens (primary N) is 3. The van der Waals surface area contributed by atoms with Crippen LogP contribution >= 0.6 is 11.6 Å². The van der Waals surface area contributed by atoms with Crippen LogP contribution in [0.3, 0.4) is 0 Å². The summed E-state index contributed by atoms with van der Waals surface area (Å²) in [5, 5.41) is 34.1. The van der Waals surface area contributed by atoms with Gasteiger partial charge in [-0.15, -0.1) is 0 Å². The number of benzene rings is 2. The second-order valence-corrected chi connectivity index (χ2v) is 11.3. The van der Waals surface area contributed by atoms with Gasteiger partial charge in [-0.25, -0.2) is 27.1 Å². The molecule has 0 unspecified atom stereocenters. The van der Waals surface area contributed by atoms with E-state index in [-0.39, 0.29) is 26.2 Å². The Morgan fingerprint density at radius 3 is 1.86 bits per heavy atom. The Balaban J connectivity index is 0.000000281. The van der Waals surface area contributed by atoms with Crippen molar-refractivity contribution < 1.29 is 31.4 Å². The average molecular weight is 567 g/mol. The predicted octanol–water partition coefficient (Wildman–Crippen LogP) is 1.06. The van der Waals surface area contributed by atoms with Crippen molar-refractivity contribution in [2.75, 3.05) is 25.1 Å². The molecule has 15 nitrogen and oxygen atoms in total. The molecule has 0 spiro atoms. The summed E-state index contributed by atoms with van der Waals surface area (Å²) in [6.07, 6.45) is 1.28. The highest BCUT2D eigenvalue weighted by molar-refractivity contribution is 7.89. The molecule has 0 radical (unpaired) electrons. The van der Waals surface area contributed by atoms with E-state index in [1.54, 1.807) is 0 Å². The van der Waals surface area contributed by atoms with Crippen LogP contribution in [0, 0.1) is 20.2 Å². The Morgan fingerprint density at radius 1 is 0.917 bits per heavy atom. The van der Waals surface area contributed by atoms with Crippen molar-refractivity contribution in [3.63, 3.8) is 0 Å². The average Bonchev–Trinajstić information content (AvgIpc) is 2.77. The van der Waals surface area contributed by atoms with E-state index in [2.05, 4.69) is 5.32 Å². The fourth-order valence-electron chi connectivity index (χ4n) is 3.02. The van der Waals surface area contributed by atoms with Gasteiger partial charge in [0.25, 0.3) is 11.4 Å². The van der Waals surface area contributed by atoms with Gasteiger partial charge in [-0.3, -0.25) is 20.2 Å². The van der Waals surface area contributed by atoms with Gasteiger partial charge in [0.15, 0.2) is 0 Å². The molecule has 18 heteroatoms. The molecule has 1 aliphatic heterocycles. The molecule has 0 aliphatic carbocycles. The summed E-state index contributed by atoms with van der Waals surface area (Å²) in [6, 6.07) is 6.50. The monoisotopic (exact) mass is 566 g/mol. The molecule has 198 valence electrons. The van der Waals surface area contributed by atoms with Crippen LogP contribution in [-0.4, -0.2) is 52.0 Å². The molecule has 2 aromatic carbocycles. The number of halogens is 1. The van der Waals surface area contributed by atoms with Crippen LogP contribution in [-0.2, 0) is 24.8 Å². The van der Waals surface area contributed by atoms with Crippen molar-refractivity contribution in [3.05, 3.63) is 61.6 Å². The molecule has 0 amide bonds. The molecule has 2 aromatic rings. The summed E-state index contributed by atoms with van der Waals surface area (Å²) >= 11 is 5.46. The van der Waals surface area contributed by atoms with Gasteiger partial charge in [-0.2, -0.15) is 0 Å². The standard InChI is InChI=1S/C12H18N4O5S.C6H5ClN2O4S/c13-12(3-5-21-6-4-12)8-15-10-2-1-9(22(14,19)20)7-11(10)16(17)18;7-5-2-1-4(14(8,12)13)3-6(5)9(10)11/h1-2,7,15H,3-6,8,13H2,(H2,14,19,20);1-3H,(H2,8,12,13). The van der Waals surface area contributed by atoms with Crippen molar-refractivity contribution in [3.8, 4) is 0 Å². The lowest BCUT2D eigenvalue weighted by Gasteiger charge is -2.33. The van der Waals surface area contributed by atoms with Crippen molar-refractivity contribution in [2.24, 2.45) is 16.0 Å². The smallest absolute Gasteiger partial charge is 0.293 e. The van der Waals surface area contributed by atoms with Crippen LogP contribution in [0.1, 0.15) is 12.8 Å². The highest BCUT2D eigenvalue weighted by atomic mass is 35.5. The summed E-state index contributed by atoms with van der Waals surface area (Å²) in [5.74, 6) is 0. The zero-order valence-corrected chi connectivity index (χ0v) is 20.9. The number of nitro benzene ring substituents is 2. The maximum atomic E-state index is 11.3. The topological polar surface area (TPSA) is 254 Å². The van der Waals surface area contributed by atoms with Gasteiger partial charge < -0.3 is 15.8 Å². The van der Waals surface area contributed by atoms with Crippen LogP contribution in [0.15, 0.2) is 46.2 Å². The van der Waals surface area contributed by atoms with Crippen LogP contribution in [0.2, 0.25) is 5.02 Å². The van der Waals surface area contributed by atoms with E-state index >= 15 is 0 Å². The first-order valence-corrected chi connectivity index (χ1v) is 13.4. The molecule has 0 atom stereocenters. The Morgan fingerprint density at radius 2 is 1.39 bits per heavy atom. The van der Waals surface area contributed by atoms with Crippen molar-refractivity contribution in [2.45, 2.75) is 28.2 Å². The zero-order chi connectivity index (χ0) is 27.3. The van der Waals surface area contributed by atoms with Gasteiger partial charge >= 0.3 is 0 Å². The SMILES string of the molecule is NC1(CNc2ccc(S(N)(=O)=O)cc2[N+](=O)[O-])CCOCC1.NS(=O)(=O)c1ccc(Cl)c([N+](=O)[O-])c1. The number of nitrogens with one attached hydrogen (secondary N) is 1. The lowest BCUT2D eigenvalue weighted by Crippen LogP contribution is -2.50. The summed E-state index contributed by atoms with van der Waals surface area (Å²) in [4.78, 5) is 19.4. The zero-order valence-electron chi connectivity index (χ0n) is 18.5. The minimum absolute atomic E-state index is 0.137. The van der Waals surface area contributed by atoms with E-state index < -0.39 is 41.1 Å². The molecule has 7 N–H and O–H groups in total. The summed E-state index contributed by atoms with van der Waals surface area (Å²) in [5.41, 5.74) is 5.05. The van der Waals surface area contributed by atoms with Crippen LogP contribution in [0.25, 0.3) is 0 Å². The Kier molecular flexibility index (Phi) is 9.29. The first-order valence-electron chi connectivity index (χ1n) is 9.92. The van der Waals surface area contributed by atoms with Gasteiger partial charge in [-0.1, -0.05) is 11.6 Å². The highest BCUT2D eigenvalue weighted by Gasteiger charge is 2.29. The number of ether oxygens (including phenoxy) is 1. The van der Waals surface area contributed by atoms with E-state index in [9.17, 15) is 37.1 Å². The molecule has 3 rings (SSSR count). The van der Waals surface area contributed by atoms with Crippen LogP contribution in [0.5, 0.6) is 0 Å². The lowest BCUT2D eigenvalue weighted by molar-refractivity contribution is -0.384. The number of hydrogen-bond acceptors (Lipinski definition) is 11. The largest absolute Gasteiger partial charge is 0.381 e. The molecule has 0 bridgehead atoms. The molecular weight excluding hydrogens is 544 g/mol. The van der Waals surface area contributed by atoms with E-state index in [1.165, 1.54) is 12.1 Å². The number of hydrogen-bond donors (Lipinski definition) is 4. The summed E-state index contributed by atoms with van der Waals surface area (Å²) in [6.45, 7) is 1.42. The first-order chi connectivity index (χ1) is 16.5. The number of nitro groups is 2. The Hall–Kier alpha value is -2.93. The number of sulfonamides is 2. The number of nitrogens with zero attached hydrogens (tertiary/aromatic N) is 2. The third kappa shape index (κ3) is 8.05. The van der Waals surface area contributed by atoms with Crippen molar-refractivity contribution in [1.82, 2.24) is 0 Å². The van der Waals surface area contributed by atoms with E-state index in [0.29, 0.717) is 32.6 Å². The van der Waals surface area contributed by atoms with Gasteiger partial charge in [0.2, 0.25) is 20.0 Å². The minimum Gasteiger partial charge on any atom is -0.381 e. The van der Waals surface area contributed by atoms with Gasteiger partial charge in [0.1, 0.15) is 10.7 Å². The second-order valence-electron chi connectivity index (χ2n) is 7.72.